The number of hydrogen-bond acceptors (Lipinski definition) is 5. The Balaban J connectivity index is 2.50. The summed E-state index contributed by atoms with van der Waals surface area (Å²) in [7, 11) is 1.29. The molecule has 6 nitrogen and oxygen atoms in total. The SMILES string of the molecule is COC(=O)c1ccc(-c2nc[nH]c(=O)c2C#N)cc1. The predicted molar refractivity (Wildman–Crippen MR) is 66.3 cm³/mol. The third-order valence-corrected chi connectivity index (χ3v) is 2.54. The van der Waals surface area contributed by atoms with Crippen molar-refractivity contribution in [3.05, 3.63) is 52.1 Å². The maximum atomic E-state index is 11.5. The highest BCUT2D eigenvalue weighted by Gasteiger charge is 2.11. The van der Waals surface area contributed by atoms with Gasteiger partial charge in [0.1, 0.15) is 11.6 Å². The molecule has 0 aliphatic carbocycles. The summed E-state index contributed by atoms with van der Waals surface area (Å²) in [5.41, 5.74) is 0.686. The second kappa shape index (κ2) is 5.14. The first-order valence-electron chi connectivity index (χ1n) is 5.34. The van der Waals surface area contributed by atoms with E-state index in [0.717, 1.165) is 0 Å². The Labute approximate surface area is 108 Å². The summed E-state index contributed by atoms with van der Waals surface area (Å²) in [6.45, 7) is 0. The third-order valence-electron chi connectivity index (χ3n) is 2.54. The van der Waals surface area contributed by atoms with E-state index in [4.69, 9.17) is 5.26 Å². The van der Waals surface area contributed by atoms with E-state index in [0.29, 0.717) is 11.1 Å². The zero-order valence-corrected chi connectivity index (χ0v) is 10.0. The van der Waals surface area contributed by atoms with Crippen LogP contribution in [0.2, 0.25) is 0 Å². The molecule has 0 saturated carbocycles. The molecule has 0 spiro atoms. The van der Waals surface area contributed by atoms with E-state index in [2.05, 4.69) is 14.7 Å². The maximum absolute atomic E-state index is 11.5. The number of aromatic amines is 1. The summed E-state index contributed by atoms with van der Waals surface area (Å²) in [4.78, 5) is 29.1. The van der Waals surface area contributed by atoms with E-state index in [1.54, 1.807) is 24.3 Å². The van der Waals surface area contributed by atoms with Gasteiger partial charge >= 0.3 is 5.97 Å². The maximum Gasteiger partial charge on any atom is 0.337 e. The van der Waals surface area contributed by atoms with Crippen LogP contribution >= 0.6 is 0 Å². The molecule has 0 amide bonds. The highest BCUT2D eigenvalue weighted by Crippen LogP contribution is 2.19. The van der Waals surface area contributed by atoms with Gasteiger partial charge in [0.15, 0.2) is 0 Å². The topological polar surface area (TPSA) is 95.8 Å². The Morgan fingerprint density at radius 1 is 1.37 bits per heavy atom. The van der Waals surface area contributed by atoms with Crippen LogP contribution < -0.4 is 5.56 Å². The summed E-state index contributed by atoms with van der Waals surface area (Å²) in [5, 5.41) is 8.96. The van der Waals surface area contributed by atoms with Crippen molar-refractivity contribution in [2.24, 2.45) is 0 Å². The van der Waals surface area contributed by atoms with Gasteiger partial charge in [0, 0.05) is 5.56 Å². The lowest BCUT2D eigenvalue weighted by Gasteiger charge is -2.03. The minimum Gasteiger partial charge on any atom is -0.465 e. The van der Waals surface area contributed by atoms with Gasteiger partial charge in [-0.15, -0.1) is 0 Å². The van der Waals surface area contributed by atoms with E-state index in [-0.39, 0.29) is 11.3 Å². The molecule has 0 unspecified atom stereocenters. The number of carbonyl (C=O) groups is 1. The lowest BCUT2D eigenvalue weighted by Crippen LogP contribution is -2.12. The van der Waals surface area contributed by atoms with Crippen molar-refractivity contribution in [2.75, 3.05) is 7.11 Å². The molecule has 0 saturated heterocycles. The van der Waals surface area contributed by atoms with Crippen LogP contribution in [-0.2, 0) is 4.74 Å². The number of rotatable bonds is 2. The Kier molecular flexibility index (Phi) is 3.39. The molecule has 1 aromatic heterocycles. The number of nitrogens with zero attached hydrogens (tertiary/aromatic N) is 2. The fraction of sp³-hybridized carbons (Fsp3) is 0.0769. The predicted octanol–water partition coefficient (Wildman–Crippen LogP) is 1.10. The molecule has 0 aliphatic rings. The number of esters is 1. The van der Waals surface area contributed by atoms with E-state index < -0.39 is 11.5 Å². The van der Waals surface area contributed by atoms with E-state index in [1.165, 1.54) is 13.4 Å². The molecule has 0 bridgehead atoms. The third kappa shape index (κ3) is 2.35. The van der Waals surface area contributed by atoms with Gasteiger partial charge in [0.25, 0.3) is 5.56 Å². The molecule has 0 atom stereocenters. The van der Waals surface area contributed by atoms with Crippen molar-refractivity contribution in [1.82, 2.24) is 9.97 Å². The number of methoxy groups -OCH3 is 1. The summed E-state index contributed by atoms with van der Waals surface area (Å²) in [5.74, 6) is -0.453. The van der Waals surface area contributed by atoms with Gasteiger partial charge < -0.3 is 9.72 Å². The number of H-pyrrole nitrogens is 1. The normalized spacial score (nSPS) is 9.68. The van der Waals surface area contributed by atoms with E-state index >= 15 is 0 Å². The molecule has 1 aromatic carbocycles. The monoisotopic (exact) mass is 255 g/mol. The molecule has 2 aromatic rings. The first-order chi connectivity index (χ1) is 9.17. The molecular formula is C13H9N3O3. The number of aromatic nitrogens is 2. The molecule has 0 radical (unpaired) electrons. The minimum absolute atomic E-state index is 0.0617. The number of ether oxygens (including phenoxy) is 1. The van der Waals surface area contributed by atoms with Crippen molar-refractivity contribution < 1.29 is 9.53 Å². The summed E-state index contributed by atoms with van der Waals surface area (Å²) in [6.07, 6.45) is 1.23. The summed E-state index contributed by atoms with van der Waals surface area (Å²) < 4.78 is 4.58. The largest absolute Gasteiger partial charge is 0.465 e. The first-order valence-corrected chi connectivity index (χ1v) is 5.34. The van der Waals surface area contributed by atoms with Crippen LogP contribution in [0.25, 0.3) is 11.3 Å². The smallest absolute Gasteiger partial charge is 0.337 e. The molecule has 1 heterocycles. The van der Waals surface area contributed by atoms with Gasteiger partial charge in [-0.3, -0.25) is 4.79 Å². The Bertz CT molecular complexity index is 711. The van der Waals surface area contributed by atoms with Crippen LogP contribution in [0.3, 0.4) is 0 Å². The van der Waals surface area contributed by atoms with Crippen molar-refractivity contribution in [3.63, 3.8) is 0 Å². The van der Waals surface area contributed by atoms with Crippen LogP contribution in [0.4, 0.5) is 0 Å². The standard InChI is InChI=1S/C13H9N3O3/c1-19-13(18)9-4-2-8(3-5-9)11-10(6-14)12(17)16-7-15-11/h2-5,7H,1H3,(H,15,16,17). The van der Waals surface area contributed by atoms with Crippen LogP contribution in [0.5, 0.6) is 0 Å². The fourth-order valence-electron chi connectivity index (χ4n) is 1.60. The molecule has 0 aliphatic heterocycles. The van der Waals surface area contributed by atoms with Crippen LogP contribution in [0, 0.1) is 11.3 Å². The molecule has 6 heteroatoms. The van der Waals surface area contributed by atoms with Gasteiger partial charge in [0.2, 0.25) is 0 Å². The van der Waals surface area contributed by atoms with Gasteiger partial charge in [-0.1, -0.05) is 12.1 Å². The quantitative estimate of drug-likeness (QED) is 0.810. The van der Waals surface area contributed by atoms with Gasteiger partial charge in [-0.2, -0.15) is 5.26 Å². The van der Waals surface area contributed by atoms with Gasteiger partial charge in [-0.25, -0.2) is 9.78 Å². The number of hydrogen-bond donors (Lipinski definition) is 1. The number of benzene rings is 1. The van der Waals surface area contributed by atoms with E-state index in [9.17, 15) is 9.59 Å². The van der Waals surface area contributed by atoms with Crippen molar-refractivity contribution >= 4 is 5.97 Å². The van der Waals surface area contributed by atoms with Crippen LogP contribution in [0.1, 0.15) is 15.9 Å². The molecular weight excluding hydrogens is 246 g/mol. The van der Waals surface area contributed by atoms with Crippen LogP contribution in [-0.4, -0.2) is 23.0 Å². The molecule has 1 N–H and O–H groups in total. The highest BCUT2D eigenvalue weighted by molar-refractivity contribution is 5.89. The number of nitriles is 1. The molecule has 2 rings (SSSR count). The number of carbonyl (C=O) groups excluding carboxylic acids is 1. The van der Waals surface area contributed by atoms with Crippen LogP contribution in [0.15, 0.2) is 35.4 Å². The molecule has 94 valence electrons. The lowest BCUT2D eigenvalue weighted by atomic mass is 10.1. The second-order valence-corrected chi connectivity index (χ2v) is 3.64. The zero-order valence-electron chi connectivity index (χ0n) is 10.0. The zero-order chi connectivity index (χ0) is 13.8. The Morgan fingerprint density at radius 2 is 2.05 bits per heavy atom. The second-order valence-electron chi connectivity index (χ2n) is 3.64. The molecule has 0 fully saturated rings. The number of nitrogens with one attached hydrogen (secondary N) is 1. The fourth-order valence-corrected chi connectivity index (χ4v) is 1.60. The minimum atomic E-state index is -0.496. The Hall–Kier alpha value is -2.94. The molecule has 19 heavy (non-hydrogen) atoms. The Morgan fingerprint density at radius 3 is 2.63 bits per heavy atom. The summed E-state index contributed by atoms with van der Waals surface area (Å²) >= 11 is 0. The average molecular weight is 255 g/mol. The average Bonchev–Trinajstić information content (AvgIpc) is 2.46. The van der Waals surface area contributed by atoms with Crippen molar-refractivity contribution in [1.29, 1.82) is 5.26 Å². The summed E-state index contributed by atoms with van der Waals surface area (Å²) in [6, 6.07) is 8.12. The van der Waals surface area contributed by atoms with Gasteiger partial charge in [0.05, 0.1) is 24.7 Å². The van der Waals surface area contributed by atoms with Crippen molar-refractivity contribution in [3.8, 4) is 17.3 Å². The van der Waals surface area contributed by atoms with Gasteiger partial charge in [-0.05, 0) is 12.1 Å². The lowest BCUT2D eigenvalue weighted by molar-refractivity contribution is 0.0601. The van der Waals surface area contributed by atoms with E-state index in [1.807, 2.05) is 6.07 Å². The first kappa shape index (κ1) is 12.5. The highest BCUT2D eigenvalue weighted by atomic mass is 16.5. The van der Waals surface area contributed by atoms with Crippen molar-refractivity contribution in [2.45, 2.75) is 0 Å².